The van der Waals surface area contributed by atoms with Crippen molar-refractivity contribution in [2.75, 3.05) is 26.7 Å². The second-order valence-corrected chi connectivity index (χ2v) is 11.6. The van der Waals surface area contributed by atoms with Gasteiger partial charge < -0.3 is 9.80 Å². The van der Waals surface area contributed by atoms with Crippen LogP contribution in [0.3, 0.4) is 0 Å². The number of hydrogen-bond donors (Lipinski definition) is 0. The number of benzene rings is 3. The van der Waals surface area contributed by atoms with Crippen LogP contribution in [-0.4, -0.2) is 47.4 Å². The number of nitrogens with zero attached hydrogens (tertiary/aromatic N) is 3. The number of alkyl halides is 4. The molecule has 0 aromatic heterocycles. The molecule has 0 N–H and O–H groups in total. The van der Waals surface area contributed by atoms with E-state index in [2.05, 4.69) is 36.1 Å². The highest BCUT2D eigenvalue weighted by molar-refractivity contribution is 5.75. The summed E-state index contributed by atoms with van der Waals surface area (Å²) < 4.78 is 54.2. The van der Waals surface area contributed by atoms with Crippen LogP contribution < -0.4 is 0 Å². The molecular formula is C33H37F4N3O. The van der Waals surface area contributed by atoms with E-state index in [0.717, 1.165) is 49.3 Å². The van der Waals surface area contributed by atoms with Crippen LogP contribution in [0.5, 0.6) is 0 Å². The summed E-state index contributed by atoms with van der Waals surface area (Å²) in [4.78, 5) is 20.0. The van der Waals surface area contributed by atoms with Gasteiger partial charge in [0.25, 0.3) is 0 Å². The number of likely N-dealkylation sites (tertiary alicyclic amines) is 2. The predicted molar refractivity (Wildman–Crippen MR) is 152 cm³/mol. The molecule has 3 aromatic carbocycles. The van der Waals surface area contributed by atoms with Crippen molar-refractivity contribution in [2.45, 2.75) is 51.7 Å². The Morgan fingerprint density at radius 3 is 2.39 bits per heavy atom. The maximum absolute atomic E-state index is 14.1. The summed E-state index contributed by atoms with van der Waals surface area (Å²) in [6.45, 7) is 5.99. The molecule has 3 aromatic rings. The fourth-order valence-electron chi connectivity index (χ4n) is 6.62. The molecule has 8 heteroatoms. The van der Waals surface area contributed by atoms with Gasteiger partial charge in [-0.1, -0.05) is 60.7 Å². The first kappa shape index (κ1) is 29.1. The largest absolute Gasteiger partial charge is 0.416 e. The van der Waals surface area contributed by atoms with Crippen molar-refractivity contribution in [3.8, 4) is 0 Å². The van der Waals surface area contributed by atoms with Crippen LogP contribution in [0.2, 0.25) is 0 Å². The van der Waals surface area contributed by atoms with Crippen molar-refractivity contribution >= 4 is 6.03 Å². The molecule has 4 atom stereocenters. The number of halogens is 4. The number of urea groups is 1. The van der Waals surface area contributed by atoms with Gasteiger partial charge >= 0.3 is 12.2 Å². The maximum atomic E-state index is 14.1. The summed E-state index contributed by atoms with van der Waals surface area (Å²) in [6, 6.07) is 20.7. The van der Waals surface area contributed by atoms with Gasteiger partial charge in [0.15, 0.2) is 0 Å². The van der Waals surface area contributed by atoms with E-state index in [4.69, 9.17) is 0 Å². The molecule has 2 fully saturated rings. The van der Waals surface area contributed by atoms with E-state index in [-0.39, 0.29) is 29.1 Å². The van der Waals surface area contributed by atoms with Gasteiger partial charge in [-0.05, 0) is 66.1 Å². The highest BCUT2D eigenvalue weighted by Crippen LogP contribution is 2.45. The van der Waals surface area contributed by atoms with Crippen LogP contribution in [0, 0.1) is 18.8 Å². The Bertz CT molecular complexity index is 1360. The van der Waals surface area contributed by atoms with Crippen LogP contribution in [0.4, 0.5) is 22.4 Å². The summed E-state index contributed by atoms with van der Waals surface area (Å²) in [5, 5.41) is 0. The molecule has 2 amide bonds. The maximum Gasteiger partial charge on any atom is 0.416 e. The standard InChI is InChI=1S/C33H37F4N3O/c1-22-9-7-8-12-29(22)31-30-21-39(19-24-10-5-4-6-11-24)20-26(30)13-14-40(31)32(41)38(3)23(2)27-15-25(18-34)16-28(17-27)33(35,36)37/h4-12,15-17,23,26,30-31H,13-14,18-21H2,1-3H3/t23?,26?,30-,31?/m1/s1. The van der Waals surface area contributed by atoms with Crippen molar-refractivity contribution in [3.05, 3.63) is 106 Å². The van der Waals surface area contributed by atoms with Gasteiger partial charge in [0, 0.05) is 39.1 Å². The lowest BCUT2D eigenvalue weighted by Crippen LogP contribution is -2.51. The molecular weight excluding hydrogens is 530 g/mol. The van der Waals surface area contributed by atoms with E-state index in [0.29, 0.717) is 12.5 Å². The van der Waals surface area contributed by atoms with Crippen LogP contribution in [0.15, 0.2) is 72.8 Å². The SMILES string of the molecule is Cc1ccccc1C1[C@@H]2CN(Cc3ccccc3)CC2CCN1C(=O)N(C)C(C)c1cc(CF)cc(C(F)(F)F)c1. The number of hydrogen-bond acceptors (Lipinski definition) is 2. The zero-order valence-corrected chi connectivity index (χ0v) is 23.7. The molecule has 2 heterocycles. The lowest BCUT2D eigenvalue weighted by atomic mass is 9.78. The Labute approximate surface area is 239 Å². The quantitative estimate of drug-likeness (QED) is 0.284. The minimum atomic E-state index is -4.60. The van der Waals surface area contributed by atoms with Gasteiger partial charge in [-0.2, -0.15) is 13.2 Å². The first-order valence-corrected chi connectivity index (χ1v) is 14.2. The summed E-state index contributed by atoms with van der Waals surface area (Å²) >= 11 is 0. The summed E-state index contributed by atoms with van der Waals surface area (Å²) in [7, 11) is 1.62. The van der Waals surface area contributed by atoms with Gasteiger partial charge in [-0.15, -0.1) is 0 Å². The Kier molecular flexibility index (Phi) is 8.41. The molecule has 0 radical (unpaired) electrons. The lowest BCUT2D eigenvalue weighted by molar-refractivity contribution is -0.137. The van der Waals surface area contributed by atoms with Crippen LogP contribution in [-0.2, 0) is 19.4 Å². The molecule has 218 valence electrons. The molecule has 0 saturated carbocycles. The first-order valence-electron chi connectivity index (χ1n) is 14.2. The molecule has 5 rings (SSSR count). The monoisotopic (exact) mass is 567 g/mol. The van der Waals surface area contributed by atoms with Crippen LogP contribution in [0.25, 0.3) is 0 Å². The van der Waals surface area contributed by atoms with Crippen LogP contribution in [0.1, 0.15) is 58.8 Å². The summed E-state index contributed by atoms with van der Waals surface area (Å²) in [6.07, 6.45) is -3.74. The summed E-state index contributed by atoms with van der Waals surface area (Å²) in [5.41, 5.74) is 2.79. The number of aryl methyl sites for hydroxylation is 1. The Morgan fingerprint density at radius 2 is 1.71 bits per heavy atom. The van der Waals surface area contributed by atoms with Crippen molar-refractivity contribution in [2.24, 2.45) is 11.8 Å². The zero-order chi connectivity index (χ0) is 29.3. The molecule has 41 heavy (non-hydrogen) atoms. The number of amides is 2. The fourth-order valence-corrected chi connectivity index (χ4v) is 6.62. The Balaban J connectivity index is 1.43. The lowest BCUT2D eigenvalue weighted by Gasteiger charge is -2.45. The minimum Gasteiger partial charge on any atom is -0.321 e. The highest BCUT2D eigenvalue weighted by Gasteiger charge is 2.47. The molecule has 2 aliphatic rings. The molecule has 2 saturated heterocycles. The second-order valence-electron chi connectivity index (χ2n) is 11.6. The predicted octanol–water partition coefficient (Wildman–Crippen LogP) is 7.79. The topological polar surface area (TPSA) is 26.8 Å². The number of piperidine rings is 1. The molecule has 4 nitrogen and oxygen atoms in total. The summed E-state index contributed by atoms with van der Waals surface area (Å²) in [5.74, 6) is 0.665. The normalized spacial score (nSPS) is 21.9. The third-order valence-electron chi connectivity index (χ3n) is 8.91. The van der Waals surface area contributed by atoms with E-state index in [1.165, 1.54) is 16.5 Å². The van der Waals surface area contributed by atoms with E-state index >= 15 is 0 Å². The average molecular weight is 568 g/mol. The average Bonchev–Trinajstić information content (AvgIpc) is 3.38. The smallest absolute Gasteiger partial charge is 0.321 e. The van der Waals surface area contributed by atoms with Gasteiger partial charge in [0.1, 0.15) is 6.67 Å². The molecule has 0 bridgehead atoms. The van der Waals surface area contributed by atoms with Gasteiger partial charge in [-0.3, -0.25) is 4.90 Å². The van der Waals surface area contributed by atoms with Crippen molar-refractivity contribution in [1.82, 2.24) is 14.7 Å². The van der Waals surface area contributed by atoms with Gasteiger partial charge in [0.05, 0.1) is 17.6 Å². The zero-order valence-electron chi connectivity index (χ0n) is 23.7. The second kappa shape index (κ2) is 11.8. The molecule has 2 aliphatic heterocycles. The van der Waals surface area contributed by atoms with E-state index in [9.17, 15) is 22.4 Å². The molecule has 3 unspecified atom stereocenters. The third-order valence-corrected chi connectivity index (χ3v) is 8.91. The minimum absolute atomic E-state index is 0.0504. The van der Waals surface area contributed by atoms with E-state index in [1.807, 2.05) is 35.2 Å². The molecule has 0 spiro atoms. The number of fused-ring (bicyclic) bond motifs is 1. The Hall–Kier alpha value is -3.39. The Morgan fingerprint density at radius 1 is 1.00 bits per heavy atom. The third kappa shape index (κ3) is 6.13. The van der Waals surface area contributed by atoms with E-state index < -0.39 is 24.5 Å². The van der Waals surface area contributed by atoms with E-state index in [1.54, 1.807) is 14.0 Å². The van der Waals surface area contributed by atoms with Gasteiger partial charge in [-0.25, -0.2) is 9.18 Å². The highest BCUT2D eigenvalue weighted by atomic mass is 19.4. The number of rotatable bonds is 6. The van der Waals surface area contributed by atoms with Crippen molar-refractivity contribution in [3.63, 3.8) is 0 Å². The number of carbonyl (C=O) groups excluding carboxylic acids is 1. The fraction of sp³-hybridized carbons (Fsp3) is 0.424. The first-order chi connectivity index (χ1) is 19.6. The molecule has 0 aliphatic carbocycles. The van der Waals surface area contributed by atoms with Crippen molar-refractivity contribution in [1.29, 1.82) is 0 Å². The van der Waals surface area contributed by atoms with Crippen molar-refractivity contribution < 1.29 is 22.4 Å². The van der Waals surface area contributed by atoms with Crippen LogP contribution >= 0.6 is 0 Å². The van der Waals surface area contributed by atoms with Gasteiger partial charge in [0.2, 0.25) is 0 Å². The number of carbonyl (C=O) groups is 1.